The van der Waals surface area contributed by atoms with Gasteiger partial charge in [-0.2, -0.15) is 0 Å². The van der Waals surface area contributed by atoms with Crippen LogP contribution in [0.5, 0.6) is 0 Å². The summed E-state index contributed by atoms with van der Waals surface area (Å²) in [7, 11) is 1.95. The standard InChI is InChI=1S/C14H21N3O/c1-10-3-5-11(6-4-10)13(18)9-16-14(15)17(2)12-7-8-12/h3-6,12-13,18H,7-9H2,1-2H3,(H2,15,16). The maximum Gasteiger partial charge on any atom is 0.191 e. The topological polar surface area (TPSA) is 61.9 Å². The van der Waals surface area contributed by atoms with Gasteiger partial charge in [0.1, 0.15) is 0 Å². The monoisotopic (exact) mass is 247 g/mol. The summed E-state index contributed by atoms with van der Waals surface area (Å²) >= 11 is 0. The van der Waals surface area contributed by atoms with Crippen molar-refractivity contribution in [1.82, 2.24) is 4.90 Å². The van der Waals surface area contributed by atoms with E-state index in [1.54, 1.807) is 0 Å². The lowest BCUT2D eigenvalue weighted by Gasteiger charge is -2.17. The molecule has 0 amide bonds. The molecule has 18 heavy (non-hydrogen) atoms. The fourth-order valence-corrected chi connectivity index (χ4v) is 1.83. The Kier molecular flexibility index (Phi) is 3.87. The Labute approximate surface area is 108 Å². The average molecular weight is 247 g/mol. The van der Waals surface area contributed by atoms with Gasteiger partial charge in [-0.3, -0.25) is 4.99 Å². The van der Waals surface area contributed by atoms with Crippen LogP contribution in [0.1, 0.15) is 30.1 Å². The maximum atomic E-state index is 10.0. The maximum absolute atomic E-state index is 10.0. The molecule has 1 aliphatic rings. The van der Waals surface area contributed by atoms with Crippen molar-refractivity contribution in [2.75, 3.05) is 13.6 Å². The molecule has 3 N–H and O–H groups in total. The molecule has 1 aromatic carbocycles. The van der Waals surface area contributed by atoms with Crippen LogP contribution in [0.15, 0.2) is 29.3 Å². The number of aliphatic hydroxyl groups is 1. The van der Waals surface area contributed by atoms with Crippen molar-refractivity contribution >= 4 is 5.96 Å². The molecule has 0 saturated heterocycles. The number of hydrogen-bond donors (Lipinski definition) is 2. The Balaban J connectivity index is 1.92. The summed E-state index contributed by atoms with van der Waals surface area (Å²) < 4.78 is 0. The number of aliphatic hydroxyl groups excluding tert-OH is 1. The number of rotatable bonds is 4. The van der Waals surface area contributed by atoms with Crippen molar-refractivity contribution in [1.29, 1.82) is 0 Å². The van der Waals surface area contributed by atoms with Crippen molar-refractivity contribution in [3.05, 3.63) is 35.4 Å². The predicted molar refractivity (Wildman–Crippen MR) is 73.4 cm³/mol. The van der Waals surface area contributed by atoms with Crippen molar-refractivity contribution in [3.63, 3.8) is 0 Å². The number of nitrogens with zero attached hydrogens (tertiary/aromatic N) is 2. The first-order chi connectivity index (χ1) is 8.58. The summed E-state index contributed by atoms with van der Waals surface area (Å²) in [5.41, 5.74) is 7.94. The third-order valence-electron chi connectivity index (χ3n) is 3.34. The molecule has 0 spiro atoms. The van der Waals surface area contributed by atoms with Crippen LogP contribution in [0.2, 0.25) is 0 Å². The molecule has 1 aliphatic carbocycles. The van der Waals surface area contributed by atoms with Crippen LogP contribution in [-0.4, -0.2) is 35.6 Å². The second-order valence-electron chi connectivity index (χ2n) is 4.97. The molecule has 1 aromatic rings. The number of benzene rings is 1. The van der Waals surface area contributed by atoms with Crippen molar-refractivity contribution in [2.24, 2.45) is 10.7 Å². The van der Waals surface area contributed by atoms with E-state index in [1.807, 2.05) is 43.1 Å². The highest BCUT2D eigenvalue weighted by atomic mass is 16.3. The van der Waals surface area contributed by atoms with Crippen LogP contribution < -0.4 is 5.73 Å². The van der Waals surface area contributed by atoms with Crippen LogP contribution in [0.25, 0.3) is 0 Å². The van der Waals surface area contributed by atoms with E-state index in [-0.39, 0.29) is 0 Å². The van der Waals surface area contributed by atoms with E-state index in [4.69, 9.17) is 5.73 Å². The summed E-state index contributed by atoms with van der Waals surface area (Å²) in [5.74, 6) is 0.517. The van der Waals surface area contributed by atoms with E-state index < -0.39 is 6.10 Å². The quantitative estimate of drug-likeness (QED) is 0.625. The molecule has 0 bridgehead atoms. The van der Waals surface area contributed by atoms with E-state index >= 15 is 0 Å². The molecule has 4 nitrogen and oxygen atoms in total. The van der Waals surface area contributed by atoms with Crippen LogP contribution in [0.3, 0.4) is 0 Å². The average Bonchev–Trinajstić information content (AvgIpc) is 3.19. The van der Waals surface area contributed by atoms with Crippen LogP contribution in [-0.2, 0) is 0 Å². The largest absolute Gasteiger partial charge is 0.386 e. The fraction of sp³-hybridized carbons (Fsp3) is 0.500. The molecule has 0 heterocycles. The van der Waals surface area contributed by atoms with Crippen LogP contribution in [0.4, 0.5) is 0 Å². The van der Waals surface area contributed by atoms with E-state index in [2.05, 4.69) is 4.99 Å². The first-order valence-electron chi connectivity index (χ1n) is 6.35. The molecule has 1 atom stereocenters. The third-order valence-corrected chi connectivity index (χ3v) is 3.34. The van der Waals surface area contributed by atoms with Crippen molar-refractivity contribution in [3.8, 4) is 0 Å². The second-order valence-corrected chi connectivity index (χ2v) is 4.97. The van der Waals surface area contributed by atoms with Gasteiger partial charge in [0.2, 0.25) is 0 Å². The summed E-state index contributed by atoms with van der Waals surface area (Å²) in [4.78, 5) is 6.24. The molecule has 2 rings (SSSR count). The molecule has 0 radical (unpaired) electrons. The summed E-state index contributed by atoms with van der Waals surface area (Å²) in [5, 5.41) is 10.0. The zero-order valence-corrected chi connectivity index (χ0v) is 11.0. The minimum absolute atomic E-state index is 0.311. The number of hydrogen-bond acceptors (Lipinski definition) is 2. The molecular formula is C14H21N3O. The molecule has 0 aliphatic heterocycles. The second kappa shape index (κ2) is 5.40. The van der Waals surface area contributed by atoms with Gasteiger partial charge in [-0.25, -0.2) is 0 Å². The van der Waals surface area contributed by atoms with Crippen LogP contribution in [0, 0.1) is 6.92 Å². The summed E-state index contributed by atoms with van der Waals surface area (Å²) in [6, 6.07) is 8.38. The Morgan fingerprint density at radius 3 is 2.61 bits per heavy atom. The zero-order chi connectivity index (χ0) is 13.1. The van der Waals surface area contributed by atoms with Gasteiger partial charge in [0.05, 0.1) is 12.6 Å². The van der Waals surface area contributed by atoms with Crippen molar-refractivity contribution in [2.45, 2.75) is 31.9 Å². The Hall–Kier alpha value is -1.55. The summed E-state index contributed by atoms with van der Waals surface area (Å²) in [6.07, 6.45) is 1.79. The highest BCUT2D eigenvalue weighted by Crippen LogP contribution is 2.25. The molecule has 1 unspecified atom stereocenters. The normalized spacial score (nSPS) is 17.6. The van der Waals surface area contributed by atoms with Gasteiger partial charge in [-0.15, -0.1) is 0 Å². The molecular weight excluding hydrogens is 226 g/mol. The Morgan fingerprint density at radius 2 is 2.06 bits per heavy atom. The third kappa shape index (κ3) is 3.23. The van der Waals surface area contributed by atoms with E-state index in [1.165, 1.54) is 18.4 Å². The van der Waals surface area contributed by atoms with Gasteiger partial charge in [-0.1, -0.05) is 29.8 Å². The zero-order valence-electron chi connectivity index (χ0n) is 11.0. The lowest BCUT2D eigenvalue weighted by atomic mass is 10.1. The first kappa shape index (κ1) is 12.9. The Bertz CT molecular complexity index is 423. The van der Waals surface area contributed by atoms with Gasteiger partial charge in [0.25, 0.3) is 0 Å². The number of aliphatic imine (C=N–C) groups is 1. The summed E-state index contributed by atoms with van der Waals surface area (Å²) in [6.45, 7) is 2.34. The first-order valence-corrected chi connectivity index (χ1v) is 6.35. The Morgan fingerprint density at radius 1 is 1.44 bits per heavy atom. The lowest BCUT2D eigenvalue weighted by Crippen LogP contribution is -2.36. The predicted octanol–water partition coefficient (Wildman–Crippen LogP) is 1.44. The molecule has 4 heteroatoms. The SMILES string of the molecule is Cc1ccc(C(O)CN=C(N)N(C)C2CC2)cc1. The lowest BCUT2D eigenvalue weighted by molar-refractivity contribution is 0.187. The van der Waals surface area contributed by atoms with Gasteiger partial charge in [-0.05, 0) is 25.3 Å². The number of guanidine groups is 1. The fourth-order valence-electron chi connectivity index (χ4n) is 1.83. The molecule has 98 valence electrons. The highest BCUT2D eigenvalue weighted by molar-refractivity contribution is 5.78. The number of nitrogens with two attached hydrogens (primary N) is 1. The highest BCUT2D eigenvalue weighted by Gasteiger charge is 2.27. The van der Waals surface area contributed by atoms with E-state index in [0.29, 0.717) is 18.5 Å². The molecule has 0 aromatic heterocycles. The smallest absolute Gasteiger partial charge is 0.191 e. The van der Waals surface area contributed by atoms with Gasteiger partial charge < -0.3 is 15.7 Å². The van der Waals surface area contributed by atoms with Gasteiger partial charge >= 0.3 is 0 Å². The van der Waals surface area contributed by atoms with E-state index in [0.717, 1.165) is 5.56 Å². The van der Waals surface area contributed by atoms with Crippen molar-refractivity contribution < 1.29 is 5.11 Å². The molecule has 1 fully saturated rings. The van der Waals surface area contributed by atoms with Gasteiger partial charge in [0.15, 0.2) is 5.96 Å². The van der Waals surface area contributed by atoms with E-state index in [9.17, 15) is 5.11 Å². The minimum Gasteiger partial charge on any atom is -0.386 e. The van der Waals surface area contributed by atoms with Gasteiger partial charge in [0, 0.05) is 13.1 Å². The molecule has 1 saturated carbocycles. The number of aryl methyl sites for hydroxylation is 1. The minimum atomic E-state index is -0.586. The van der Waals surface area contributed by atoms with Crippen LogP contribution >= 0.6 is 0 Å².